The highest BCUT2D eigenvalue weighted by molar-refractivity contribution is 6.30. The summed E-state index contributed by atoms with van der Waals surface area (Å²) in [5.74, 6) is 0.175. The molecule has 0 aliphatic carbocycles. The van der Waals surface area contributed by atoms with Gasteiger partial charge in [-0.3, -0.25) is 0 Å². The highest BCUT2D eigenvalue weighted by Crippen LogP contribution is 2.18. The van der Waals surface area contributed by atoms with Crippen molar-refractivity contribution in [1.29, 1.82) is 0 Å². The Balaban J connectivity index is 1.59. The van der Waals surface area contributed by atoms with Crippen molar-refractivity contribution in [2.75, 3.05) is 19.8 Å². The van der Waals surface area contributed by atoms with Crippen LogP contribution >= 0.6 is 11.6 Å². The molecule has 1 aromatic carbocycles. The average Bonchev–Trinajstić information content (AvgIpc) is 2.96. The van der Waals surface area contributed by atoms with E-state index < -0.39 is 5.97 Å². The van der Waals surface area contributed by atoms with Crippen molar-refractivity contribution in [3.63, 3.8) is 0 Å². The first-order valence-corrected chi connectivity index (χ1v) is 8.46. The second-order valence-electron chi connectivity index (χ2n) is 5.57. The molecule has 136 valence electrons. The third-order valence-corrected chi connectivity index (χ3v) is 3.97. The van der Waals surface area contributed by atoms with Gasteiger partial charge in [-0.1, -0.05) is 11.6 Å². The van der Waals surface area contributed by atoms with Gasteiger partial charge >= 0.3 is 5.97 Å². The zero-order valence-electron chi connectivity index (χ0n) is 14.2. The van der Waals surface area contributed by atoms with Gasteiger partial charge in [-0.05, 0) is 37.3 Å². The van der Waals surface area contributed by atoms with E-state index in [1.165, 1.54) is 6.20 Å². The molecule has 0 aliphatic rings. The maximum atomic E-state index is 12.2. The number of aliphatic hydroxyl groups is 1. The van der Waals surface area contributed by atoms with E-state index in [0.717, 1.165) is 11.1 Å². The van der Waals surface area contributed by atoms with Crippen LogP contribution in [0.25, 0.3) is 11.0 Å². The number of ether oxygens (including phenoxy) is 2. The average molecular weight is 376 g/mol. The monoisotopic (exact) mass is 375 g/mol. The van der Waals surface area contributed by atoms with Crippen molar-refractivity contribution < 1.29 is 19.4 Å². The number of rotatable bonds is 7. The molecule has 0 unspecified atom stereocenters. The number of aromatic nitrogens is 3. The van der Waals surface area contributed by atoms with E-state index in [0.29, 0.717) is 28.5 Å². The Labute approximate surface area is 155 Å². The Morgan fingerprint density at radius 1 is 1.27 bits per heavy atom. The zero-order valence-corrected chi connectivity index (χ0v) is 14.9. The SMILES string of the molecule is Cc1nn(CCO)c2ncc(C(=O)OCCOc3ccc(Cl)cc3)cc12. The highest BCUT2D eigenvalue weighted by Gasteiger charge is 2.14. The van der Waals surface area contributed by atoms with Crippen molar-refractivity contribution in [1.82, 2.24) is 14.8 Å². The zero-order chi connectivity index (χ0) is 18.5. The van der Waals surface area contributed by atoms with E-state index in [1.807, 2.05) is 6.92 Å². The number of esters is 1. The molecular weight excluding hydrogens is 358 g/mol. The summed E-state index contributed by atoms with van der Waals surface area (Å²) in [6.07, 6.45) is 1.44. The Morgan fingerprint density at radius 3 is 2.77 bits per heavy atom. The molecule has 26 heavy (non-hydrogen) atoms. The number of fused-ring (bicyclic) bond motifs is 1. The smallest absolute Gasteiger partial charge is 0.339 e. The third-order valence-electron chi connectivity index (χ3n) is 3.72. The lowest BCUT2D eigenvalue weighted by molar-refractivity contribution is 0.0450. The first-order chi connectivity index (χ1) is 12.6. The molecule has 1 N–H and O–H groups in total. The number of nitrogens with zero attached hydrogens (tertiary/aromatic N) is 3. The Hall–Kier alpha value is -2.64. The predicted octanol–water partition coefficient (Wildman–Crippen LogP) is 2.62. The number of hydrogen-bond acceptors (Lipinski definition) is 6. The van der Waals surface area contributed by atoms with Gasteiger partial charge in [0.2, 0.25) is 0 Å². The fourth-order valence-electron chi connectivity index (χ4n) is 2.48. The summed E-state index contributed by atoms with van der Waals surface area (Å²) < 4.78 is 12.3. The van der Waals surface area contributed by atoms with Gasteiger partial charge in [-0.15, -0.1) is 0 Å². The summed E-state index contributed by atoms with van der Waals surface area (Å²) in [6, 6.07) is 8.64. The fourth-order valence-corrected chi connectivity index (χ4v) is 2.61. The number of hydrogen-bond donors (Lipinski definition) is 1. The van der Waals surface area contributed by atoms with Gasteiger partial charge in [0.1, 0.15) is 19.0 Å². The standard InChI is InChI=1S/C18H18ClN3O4/c1-12-16-10-13(11-20-17(16)22(21-12)6-7-23)18(24)26-9-8-25-15-4-2-14(19)3-5-15/h2-5,10-11,23H,6-9H2,1H3. The van der Waals surface area contributed by atoms with Crippen LogP contribution < -0.4 is 4.74 Å². The van der Waals surface area contributed by atoms with E-state index in [-0.39, 0.29) is 19.8 Å². The van der Waals surface area contributed by atoms with Gasteiger partial charge in [0.15, 0.2) is 5.65 Å². The lowest BCUT2D eigenvalue weighted by Crippen LogP contribution is -2.12. The van der Waals surface area contributed by atoms with Crippen LogP contribution in [-0.4, -0.2) is 45.7 Å². The van der Waals surface area contributed by atoms with Crippen LogP contribution in [0.1, 0.15) is 16.1 Å². The van der Waals surface area contributed by atoms with Gasteiger partial charge in [0.25, 0.3) is 0 Å². The summed E-state index contributed by atoms with van der Waals surface area (Å²) in [4.78, 5) is 16.5. The third kappa shape index (κ3) is 4.12. The second kappa shape index (κ2) is 8.16. The Bertz CT molecular complexity index is 909. The molecule has 0 aliphatic heterocycles. The Morgan fingerprint density at radius 2 is 2.04 bits per heavy atom. The summed E-state index contributed by atoms with van der Waals surface area (Å²) in [7, 11) is 0. The van der Waals surface area contributed by atoms with Gasteiger partial charge in [0.05, 0.1) is 24.4 Å². The maximum Gasteiger partial charge on any atom is 0.339 e. The number of aliphatic hydroxyl groups excluding tert-OH is 1. The minimum absolute atomic E-state index is 0.0324. The summed E-state index contributed by atoms with van der Waals surface area (Å²) in [6.45, 7) is 2.49. The van der Waals surface area contributed by atoms with Crippen molar-refractivity contribution in [3.8, 4) is 5.75 Å². The number of benzene rings is 1. The molecule has 7 nitrogen and oxygen atoms in total. The first-order valence-electron chi connectivity index (χ1n) is 8.08. The molecule has 0 bridgehead atoms. The predicted molar refractivity (Wildman–Crippen MR) is 96.6 cm³/mol. The number of halogens is 1. The summed E-state index contributed by atoms with van der Waals surface area (Å²) >= 11 is 5.80. The normalized spacial score (nSPS) is 10.9. The molecule has 0 atom stereocenters. The van der Waals surface area contributed by atoms with Gasteiger partial charge in [-0.2, -0.15) is 5.10 Å². The minimum Gasteiger partial charge on any atom is -0.490 e. The largest absolute Gasteiger partial charge is 0.490 e. The molecule has 2 aromatic heterocycles. The molecule has 3 aromatic rings. The van der Waals surface area contributed by atoms with Crippen LogP contribution in [0.2, 0.25) is 5.02 Å². The molecule has 0 saturated carbocycles. The molecule has 2 heterocycles. The van der Waals surface area contributed by atoms with Gasteiger partial charge < -0.3 is 14.6 Å². The lowest BCUT2D eigenvalue weighted by atomic mass is 10.2. The van der Waals surface area contributed by atoms with E-state index in [9.17, 15) is 4.79 Å². The van der Waals surface area contributed by atoms with Crippen LogP contribution in [0.3, 0.4) is 0 Å². The molecule has 0 spiro atoms. The quantitative estimate of drug-likeness (QED) is 0.504. The number of carbonyl (C=O) groups is 1. The van der Waals surface area contributed by atoms with Gasteiger partial charge in [-0.25, -0.2) is 14.5 Å². The Kier molecular flexibility index (Phi) is 5.70. The van der Waals surface area contributed by atoms with E-state index >= 15 is 0 Å². The molecule has 3 rings (SSSR count). The minimum atomic E-state index is -0.478. The molecule has 0 amide bonds. The van der Waals surface area contributed by atoms with Crippen LogP contribution in [0.5, 0.6) is 5.75 Å². The molecule has 0 fully saturated rings. The molecule has 8 heteroatoms. The fraction of sp³-hybridized carbons (Fsp3) is 0.278. The van der Waals surface area contributed by atoms with Crippen molar-refractivity contribution >= 4 is 28.6 Å². The van der Waals surface area contributed by atoms with Crippen molar-refractivity contribution in [2.24, 2.45) is 0 Å². The number of pyridine rings is 1. The highest BCUT2D eigenvalue weighted by atomic mass is 35.5. The first kappa shape index (κ1) is 18.2. The van der Waals surface area contributed by atoms with E-state index in [2.05, 4.69) is 10.1 Å². The summed E-state index contributed by atoms with van der Waals surface area (Å²) in [5.41, 5.74) is 1.71. The topological polar surface area (TPSA) is 86.5 Å². The van der Waals surface area contributed by atoms with Gasteiger partial charge in [0, 0.05) is 16.6 Å². The lowest BCUT2D eigenvalue weighted by Gasteiger charge is -2.07. The van der Waals surface area contributed by atoms with Crippen LogP contribution in [-0.2, 0) is 11.3 Å². The second-order valence-corrected chi connectivity index (χ2v) is 6.00. The summed E-state index contributed by atoms with van der Waals surface area (Å²) in [5, 5.41) is 14.8. The number of aryl methyl sites for hydroxylation is 1. The number of carbonyl (C=O) groups excluding carboxylic acids is 1. The molecule has 0 radical (unpaired) electrons. The maximum absolute atomic E-state index is 12.2. The van der Waals surface area contributed by atoms with Crippen LogP contribution in [0, 0.1) is 6.92 Å². The van der Waals surface area contributed by atoms with Crippen LogP contribution in [0.15, 0.2) is 36.5 Å². The van der Waals surface area contributed by atoms with Crippen LogP contribution in [0.4, 0.5) is 0 Å². The van der Waals surface area contributed by atoms with E-state index in [4.69, 9.17) is 26.2 Å². The van der Waals surface area contributed by atoms with Crippen molar-refractivity contribution in [3.05, 3.63) is 52.8 Å². The van der Waals surface area contributed by atoms with Crippen molar-refractivity contribution in [2.45, 2.75) is 13.5 Å². The molecular formula is C18H18ClN3O4. The molecule has 0 saturated heterocycles. The van der Waals surface area contributed by atoms with E-state index in [1.54, 1.807) is 35.0 Å².